The molecule has 0 bridgehead atoms. The second-order valence-corrected chi connectivity index (χ2v) is 4.23. The maximum absolute atomic E-state index is 14.2. The van der Waals surface area contributed by atoms with Gasteiger partial charge in [0, 0.05) is 0 Å². The Bertz CT molecular complexity index is 762. The zero-order valence-corrected chi connectivity index (χ0v) is 10.7. The van der Waals surface area contributed by atoms with Gasteiger partial charge in [-0.2, -0.15) is 8.78 Å². The van der Waals surface area contributed by atoms with Crippen LogP contribution in [0.5, 0.6) is 17.2 Å². The van der Waals surface area contributed by atoms with Gasteiger partial charge in [-0.1, -0.05) is 12.1 Å². The molecule has 4 nitrogen and oxygen atoms in total. The number of benzene rings is 2. The summed E-state index contributed by atoms with van der Waals surface area (Å²) < 4.78 is 51.6. The third-order valence-electron chi connectivity index (χ3n) is 3.02. The molecule has 0 atom stereocenters. The Morgan fingerprint density at radius 2 is 1.81 bits per heavy atom. The molecule has 1 amide bonds. The van der Waals surface area contributed by atoms with E-state index in [0.29, 0.717) is 0 Å². The summed E-state index contributed by atoms with van der Waals surface area (Å²) in [5.74, 6) is -6.96. The predicted molar refractivity (Wildman–Crippen MR) is 67.3 cm³/mol. The summed E-state index contributed by atoms with van der Waals surface area (Å²) in [5, 5.41) is 2.33. The van der Waals surface area contributed by atoms with Gasteiger partial charge in [-0.3, -0.25) is 4.79 Å². The van der Waals surface area contributed by atoms with E-state index >= 15 is 0 Å². The first kappa shape index (κ1) is 13.3. The first-order valence-electron chi connectivity index (χ1n) is 5.87. The lowest BCUT2D eigenvalue weighted by Gasteiger charge is -2.12. The lowest BCUT2D eigenvalue weighted by Crippen LogP contribution is -2.15. The molecule has 0 unspecified atom stereocenters. The number of ether oxygens (including phenoxy) is 2. The first-order chi connectivity index (χ1) is 10.0. The molecule has 1 heterocycles. The van der Waals surface area contributed by atoms with Gasteiger partial charge in [-0.05, 0) is 12.1 Å². The number of rotatable bonds is 1. The molecule has 2 aromatic rings. The number of para-hydroxylation sites is 2. The molecule has 1 aliphatic heterocycles. The average Bonchev–Trinajstić information content (AvgIpc) is 2.61. The number of carbonyl (C=O) groups excluding carboxylic acids is 1. The highest BCUT2D eigenvalue weighted by Gasteiger charge is 2.33. The van der Waals surface area contributed by atoms with E-state index in [0.717, 1.165) is 7.11 Å². The highest BCUT2D eigenvalue weighted by atomic mass is 19.2. The summed E-state index contributed by atoms with van der Waals surface area (Å²) in [6.07, 6.45) is 0. The van der Waals surface area contributed by atoms with E-state index in [-0.39, 0.29) is 11.4 Å². The van der Waals surface area contributed by atoms with Gasteiger partial charge < -0.3 is 14.8 Å². The number of carbonyl (C=O) groups is 1. The van der Waals surface area contributed by atoms with Gasteiger partial charge >= 0.3 is 0 Å². The normalized spacial score (nSPS) is 12.7. The Hall–Kier alpha value is -2.70. The molecular weight excluding hydrogens is 287 g/mol. The smallest absolute Gasteiger partial charge is 0.262 e. The van der Waals surface area contributed by atoms with Crippen molar-refractivity contribution >= 4 is 11.6 Å². The van der Waals surface area contributed by atoms with Crippen molar-refractivity contribution in [2.45, 2.75) is 0 Å². The first-order valence-corrected chi connectivity index (χ1v) is 5.87. The van der Waals surface area contributed by atoms with Crippen LogP contribution in [0.15, 0.2) is 24.3 Å². The predicted octanol–water partition coefficient (Wildman–Crippen LogP) is 3.47. The van der Waals surface area contributed by atoms with Gasteiger partial charge in [0.25, 0.3) is 5.91 Å². The number of hydrogen-bond acceptors (Lipinski definition) is 3. The summed E-state index contributed by atoms with van der Waals surface area (Å²) in [7, 11) is 0.984. The van der Waals surface area contributed by atoms with Crippen LogP contribution in [0, 0.1) is 17.5 Å². The SMILES string of the molecule is COc1c(F)c(F)c2c(c1F)Oc1ccccc1NC2=O. The van der Waals surface area contributed by atoms with Crippen LogP contribution in [0.25, 0.3) is 0 Å². The molecule has 0 radical (unpaired) electrons. The van der Waals surface area contributed by atoms with Gasteiger partial charge in [0.2, 0.25) is 11.6 Å². The van der Waals surface area contributed by atoms with Crippen LogP contribution in [0.1, 0.15) is 10.4 Å². The highest BCUT2D eigenvalue weighted by molar-refractivity contribution is 6.08. The molecule has 108 valence electrons. The molecular formula is C14H8F3NO3. The summed E-state index contributed by atoms with van der Waals surface area (Å²) in [6.45, 7) is 0. The Kier molecular flexibility index (Phi) is 2.97. The molecule has 3 rings (SSSR count). The number of fused-ring (bicyclic) bond motifs is 2. The third kappa shape index (κ3) is 1.89. The molecule has 7 heteroatoms. The van der Waals surface area contributed by atoms with Crippen molar-refractivity contribution < 1.29 is 27.4 Å². The fourth-order valence-electron chi connectivity index (χ4n) is 2.05. The minimum absolute atomic E-state index is 0.108. The number of nitrogens with one attached hydrogen (secondary N) is 1. The summed E-state index contributed by atoms with van der Waals surface area (Å²) in [4.78, 5) is 12.0. The van der Waals surface area contributed by atoms with Gasteiger partial charge in [-0.15, -0.1) is 0 Å². The molecule has 0 saturated heterocycles. The van der Waals surface area contributed by atoms with E-state index in [1.807, 2.05) is 0 Å². The van der Waals surface area contributed by atoms with Gasteiger partial charge in [0.1, 0.15) is 5.56 Å². The van der Waals surface area contributed by atoms with Crippen molar-refractivity contribution in [2.24, 2.45) is 0 Å². The second kappa shape index (κ2) is 4.69. The van der Waals surface area contributed by atoms with E-state index in [9.17, 15) is 18.0 Å². The molecule has 0 aliphatic carbocycles. The van der Waals surface area contributed by atoms with E-state index in [4.69, 9.17) is 4.74 Å². The fraction of sp³-hybridized carbons (Fsp3) is 0.0714. The zero-order chi connectivity index (χ0) is 15.1. The Morgan fingerprint density at radius 1 is 1.10 bits per heavy atom. The topological polar surface area (TPSA) is 47.6 Å². The van der Waals surface area contributed by atoms with Crippen LogP contribution in [-0.2, 0) is 0 Å². The van der Waals surface area contributed by atoms with E-state index in [1.165, 1.54) is 12.1 Å². The standard InChI is InChI=1S/C14H8F3NO3/c1-20-13-10(16)9(15)8-12(11(13)17)21-7-5-3-2-4-6(7)18-14(8)19/h2-5H,1H3,(H,18,19). The Labute approximate surface area is 117 Å². The van der Waals surface area contributed by atoms with Crippen molar-refractivity contribution in [1.29, 1.82) is 0 Å². The van der Waals surface area contributed by atoms with E-state index < -0.39 is 40.4 Å². The largest absolute Gasteiger partial charge is 0.491 e. The Morgan fingerprint density at radius 3 is 2.52 bits per heavy atom. The quantitative estimate of drug-likeness (QED) is 0.819. The Balaban J connectivity index is 2.31. The van der Waals surface area contributed by atoms with Crippen LogP contribution in [0.4, 0.5) is 18.9 Å². The molecule has 0 fully saturated rings. The molecule has 0 saturated carbocycles. The van der Waals surface area contributed by atoms with E-state index in [1.54, 1.807) is 12.1 Å². The minimum Gasteiger partial charge on any atom is -0.491 e. The average molecular weight is 295 g/mol. The number of methoxy groups -OCH3 is 1. The maximum Gasteiger partial charge on any atom is 0.262 e. The maximum atomic E-state index is 14.2. The fourth-order valence-corrected chi connectivity index (χ4v) is 2.05. The van der Waals surface area contributed by atoms with Crippen molar-refractivity contribution in [3.05, 3.63) is 47.3 Å². The van der Waals surface area contributed by atoms with Crippen LogP contribution in [0.3, 0.4) is 0 Å². The lowest BCUT2D eigenvalue weighted by molar-refractivity contribution is 0.102. The van der Waals surface area contributed by atoms with Crippen LogP contribution >= 0.6 is 0 Å². The van der Waals surface area contributed by atoms with Crippen molar-refractivity contribution in [3.63, 3.8) is 0 Å². The van der Waals surface area contributed by atoms with Crippen molar-refractivity contribution in [2.75, 3.05) is 12.4 Å². The number of hydrogen-bond donors (Lipinski definition) is 1. The second-order valence-electron chi connectivity index (χ2n) is 4.23. The van der Waals surface area contributed by atoms with Crippen LogP contribution in [0.2, 0.25) is 0 Å². The van der Waals surface area contributed by atoms with E-state index in [2.05, 4.69) is 10.1 Å². The summed E-state index contributed by atoms with van der Waals surface area (Å²) in [6, 6.07) is 6.14. The van der Waals surface area contributed by atoms with Gasteiger partial charge in [0.05, 0.1) is 12.8 Å². The number of halogens is 3. The monoisotopic (exact) mass is 295 g/mol. The highest BCUT2D eigenvalue weighted by Crippen LogP contribution is 2.42. The lowest BCUT2D eigenvalue weighted by atomic mass is 10.1. The minimum atomic E-state index is -1.58. The van der Waals surface area contributed by atoms with Gasteiger partial charge in [-0.25, -0.2) is 4.39 Å². The van der Waals surface area contributed by atoms with Gasteiger partial charge in [0.15, 0.2) is 23.1 Å². The molecule has 0 spiro atoms. The van der Waals surface area contributed by atoms with Crippen LogP contribution in [-0.4, -0.2) is 13.0 Å². The number of anilines is 1. The summed E-state index contributed by atoms with van der Waals surface area (Å²) in [5.41, 5.74) is -0.626. The molecule has 0 aromatic heterocycles. The van der Waals surface area contributed by atoms with Crippen molar-refractivity contribution in [3.8, 4) is 17.2 Å². The zero-order valence-electron chi connectivity index (χ0n) is 10.7. The third-order valence-corrected chi connectivity index (χ3v) is 3.02. The molecule has 1 aliphatic rings. The molecule has 21 heavy (non-hydrogen) atoms. The molecule has 2 aromatic carbocycles. The van der Waals surface area contributed by atoms with Crippen molar-refractivity contribution in [1.82, 2.24) is 0 Å². The number of amides is 1. The van der Waals surface area contributed by atoms with Crippen LogP contribution < -0.4 is 14.8 Å². The summed E-state index contributed by atoms with van der Waals surface area (Å²) >= 11 is 0. The molecule has 1 N–H and O–H groups in total.